The number of oxazole rings is 1. The number of benzene rings is 1. The normalized spacial score (nSPS) is 25.8. The molecule has 2 aliphatic rings. The number of carboxylic acid groups (broad SMARTS) is 1. The van der Waals surface area contributed by atoms with E-state index in [4.69, 9.17) is 16.0 Å². The molecule has 3 heterocycles. The van der Waals surface area contributed by atoms with E-state index < -0.39 is 6.09 Å². The number of halogens is 1. The fourth-order valence-corrected chi connectivity index (χ4v) is 5.76. The Morgan fingerprint density at radius 3 is 2.54 bits per heavy atom. The summed E-state index contributed by atoms with van der Waals surface area (Å²) in [5, 5.41) is 10.4. The standard InChI is InChI=1S/C19H23ClN2O3S/c1-19(2,3)17-21-14-7-6-13(20)16(15(14)25-17)26-12-8-10-4-5-11(9-12)22(10)18(23)24/h6-7,10-12H,4-5,8-9H2,1-3H3,(H,23,24). The van der Waals surface area contributed by atoms with Gasteiger partial charge in [-0.15, -0.1) is 11.8 Å². The minimum Gasteiger partial charge on any atom is -0.465 e. The maximum Gasteiger partial charge on any atom is 0.407 e. The maximum absolute atomic E-state index is 11.5. The van der Waals surface area contributed by atoms with Crippen LogP contribution in [0.4, 0.5) is 4.79 Å². The van der Waals surface area contributed by atoms with E-state index in [1.54, 1.807) is 16.7 Å². The SMILES string of the molecule is CC(C)(C)c1nc2ccc(Cl)c(SC3CC4CCC(C3)N4C(=O)O)c2o1. The van der Waals surface area contributed by atoms with Gasteiger partial charge in [-0.1, -0.05) is 32.4 Å². The van der Waals surface area contributed by atoms with Crippen molar-refractivity contribution in [1.29, 1.82) is 0 Å². The zero-order valence-electron chi connectivity index (χ0n) is 15.2. The Kier molecular flexibility index (Phi) is 4.39. The molecular weight excluding hydrogens is 372 g/mol. The van der Waals surface area contributed by atoms with Gasteiger partial charge in [0, 0.05) is 22.7 Å². The highest BCUT2D eigenvalue weighted by Crippen LogP contribution is 2.46. The molecule has 2 saturated heterocycles. The third-order valence-electron chi connectivity index (χ3n) is 5.30. The lowest BCUT2D eigenvalue weighted by Crippen LogP contribution is -2.46. The molecule has 5 nitrogen and oxygen atoms in total. The molecule has 4 rings (SSSR count). The summed E-state index contributed by atoms with van der Waals surface area (Å²) in [6.07, 6.45) is 2.86. The van der Waals surface area contributed by atoms with Gasteiger partial charge in [0.15, 0.2) is 5.58 Å². The summed E-state index contributed by atoms with van der Waals surface area (Å²) in [5.74, 6) is 0.706. The fourth-order valence-electron chi connectivity index (χ4n) is 4.08. The quantitative estimate of drug-likeness (QED) is 0.723. The van der Waals surface area contributed by atoms with Gasteiger partial charge >= 0.3 is 6.09 Å². The number of hydrogen-bond donors (Lipinski definition) is 1. The Bertz CT molecular complexity index is 846. The molecule has 0 saturated carbocycles. The number of hydrogen-bond acceptors (Lipinski definition) is 4. The van der Waals surface area contributed by atoms with Crippen LogP contribution in [0.5, 0.6) is 0 Å². The maximum atomic E-state index is 11.5. The molecule has 2 fully saturated rings. The van der Waals surface area contributed by atoms with Crippen molar-refractivity contribution in [3.8, 4) is 0 Å². The third-order valence-corrected chi connectivity index (χ3v) is 7.09. The Labute approximate surface area is 162 Å². The lowest BCUT2D eigenvalue weighted by atomic mass is 9.97. The minimum atomic E-state index is -0.786. The van der Waals surface area contributed by atoms with Gasteiger partial charge in [-0.05, 0) is 37.8 Å². The van der Waals surface area contributed by atoms with E-state index >= 15 is 0 Å². The zero-order valence-corrected chi connectivity index (χ0v) is 16.7. The molecule has 0 radical (unpaired) electrons. The second kappa shape index (κ2) is 6.34. The molecule has 2 aliphatic heterocycles. The van der Waals surface area contributed by atoms with Gasteiger partial charge in [0.2, 0.25) is 5.89 Å². The van der Waals surface area contributed by atoms with Crippen molar-refractivity contribution >= 4 is 40.6 Å². The van der Waals surface area contributed by atoms with E-state index in [0.717, 1.165) is 41.7 Å². The molecule has 1 N–H and O–H groups in total. The molecule has 1 aromatic carbocycles. The minimum absolute atomic E-state index is 0.126. The molecule has 2 atom stereocenters. The van der Waals surface area contributed by atoms with Crippen LogP contribution in [0.3, 0.4) is 0 Å². The van der Waals surface area contributed by atoms with Crippen LogP contribution in [-0.2, 0) is 5.41 Å². The lowest BCUT2D eigenvalue weighted by Gasteiger charge is -2.36. The number of thioether (sulfide) groups is 1. The van der Waals surface area contributed by atoms with Crippen LogP contribution in [0, 0.1) is 0 Å². The first-order chi connectivity index (χ1) is 12.2. The Morgan fingerprint density at radius 1 is 1.31 bits per heavy atom. The summed E-state index contributed by atoms with van der Waals surface area (Å²) in [7, 11) is 0. The topological polar surface area (TPSA) is 66.6 Å². The fraction of sp³-hybridized carbons (Fsp3) is 0.579. The van der Waals surface area contributed by atoms with E-state index in [-0.39, 0.29) is 17.5 Å². The number of carbonyl (C=O) groups is 1. The largest absolute Gasteiger partial charge is 0.465 e. The summed E-state index contributed by atoms with van der Waals surface area (Å²) >= 11 is 8.22. The van der Waals surface area contributed by atoms with Crippen LogP contribution < -0.4 is 0 Å². The van der Waals surface area contributed by atoms with Crippen molar-refractivity contribution in [1.82, 2.24) is 9.88 Å². The van der Waals surface area contributed by atoms with Crippen molar-refractivity contribution in [3.63, 3.8) is 0 Å². The number of piperidine rings is 1. The van der Waals surface area contributed by atoms with E-state index in [1.165, 1.54) is 0 Å². The highest BCUT2D eigenvalue weighted by molar-refractivity contribution is 8.00. The average molecular weight is 395 g/mol. The Balaban J connectivity index is 1.63. The van der Waals surface area contributed by atoms with Crippen molar-refractivity contribution in [3.05, 3.63) is 23.0 Å². The Hall–Kier alpha value is -1.40. The highest BCUT2D eigenvalue weighted by Gasteiger charge is 2.43. The third kappa shape index (κ3) is 3.07. The van der Waals surface area contributed by atoms with Gasteiger partial charge in [-0.2, -0.15) is 0 Å². The summed E-state index contributed by atoms with van der Waals surface area (Å²) in [4.78, 5) is 18.7. The smallest absolute Gasteiger partial charge is 0.407 e. The Morgan fingerprint density at radius 2 is 1.96 bits per heavy atom. The van der Waals surface area contributed by atoms with Crippen molar-refractivity contribution < 1.29 is 14.3 Å². The van der Waals surface area contributed by atoms with Crippen LogP contribution in [-0.4, -0.2) is 38.4 Å². The molecule has 2 bridgehead atoms. The number of nitrogens with zero attached hydrogens (tertiary/aromatic N) is 2. The van der Waals surface area contributed by atoms with Gasteiger partial charge < -0.3 is 14.4 Å². The van der Waals surface area contributed by atoms with Gasteiger partial charge in [-0.3, -0.25) is 0 Å². The molecule has 1 amide bonds. The average Bonchev–Trinajstić information content (AvgIpc) is 3.10. The zero-order chi connectivity index (χ0) is 18.6. The molecule has 1 aromatic heterocycles. The second-order valence-corrected chi connectivity index (χ2v) is 10.00. The van der Waals surface area contributed by atoms with Gasteiger partial charge in [0.05, 0.1) is 9.92 Å². The van der Waals surface area contributed by atoms with Crippen molar-refractivity contribution in [2.45, 2.75) is 74.1 Å². The van der Waals surface area contributed by atoms with Crippen molar-refractivity contribution in [2.75, 3.05) is 0 Å². The first-order valence-corrected chi connectivity index (χ1v) is 10.3. The van der Waals surface area contributed by atoms with E-state index in [9.17, 15) is 9.90 Å². The van der Waals surface area contributed by atoms with E-state index in [2.05, 4.69) is 25.8 Å². The number of fused-ring (bicyclic) bond motifs is 3. The number of aromatic nitrogens is 1. The summed E-state index contributed by atoms with van der Waals surface area (Å²) in [5.41, 5.74) is 1.41. The molecule has 26 heavy (non-hydrogen) atoms. The molecule has 2 aromatic rings. The van der Waals surface area contributed by atoms with Crippen LogP contribution in [0.2, 0.25) is 5.02 Å². The van der Waals surface area contributed by atoms with Gasteiger partial charge in [0.1, 0.15) is 5.52 Å². The summed E-state index contributed by atoms with van der Waals surface area (Å²) in [6.45, 7) is 6.22. The van der Waals surface area contributed by atoms with Crippen molar-refractivity contribution in [2.24, 2.45) is 0 Å². The summed E-state index contributed by atoms with van der Waals surface area (Å²) < 4.78 is 6.09. The van der Waals surface area contributed by atoms with Gasteiger partial charge in [0.25, 0.3) is 0 Å². The molecule has 140 valence electrons. The van der Waals surface area contributed by atoms with E-state index in [1.807, 2.05) is 12.1 Å². The summed E-state index contributed by atoms with van der Waals surface area (Å²) in [6, 6.07) is 4.03. The van der Waals surface area contributed by atoms with Crippen LogP contribution >= 0.6 is 23.4 Å². The number of rotatable bonds is 2. The monoisotopic (exact) mass is 394 g/mol. The first-order valence-electron chi connectivity index (χ1n) is 9.01. The molecule has 0 spiro atoms. The van der Waals surface area contributed by atoms with Crippen LogP contribution in [0.15, 0.2) is 21.4 Å². The molecule has 2 unspecified atom stereocenters. The second-order valence-electron chi connectivity index (χ2n) is 8.28. The van der Waals surface area contributed by atoms with Crippen LogP contribution in [0.25, 0.3) is 11.1 Å². The predicted octanol–water partition coefficient (Wildman–Crippen LogP) is 5.54. The predicted molar refractivity (Wildman–Crippen MR) is 103 cm³/mol. The van der Waals surface area contributed by atoms with Gasteiger partial charge in [-0.25, -0.2) is 9.78 Å². The lowest BCUT2D eigenvalue weighted by molar-refractivity contribution is 0.104. The molecular formula is C19H23ClN2O3S. The first kappa shape index (κ1) is 18.0. The number of amides is 1. The van der Waals surface area contributed by atoms with E-state index in [0.29, 0.717) is 16.2 Å². The highest BCUT2D eigenvalue weighted by atomic mass is 35.5. The molecule has 7 heteroatoms. The molecule has 0 aliphatic carbocycles. The van der Waals surface area contributed by atoms with Crippen LogP contribution in [0.1, 0.15) is 52.3 Å².